The Morgan fingerprint density at radius 1 is 1.36 bits per heavy atom. The Bertz CT molecular complexity index is 373. The summed E-state index contributed by atoms with van der Waals surface area (Å²) < 4.78 is 0. The van der Waals surface area contributed by atoms with Crippen molar-refractivity contribution in [3.63, 3.8) is 0 Å². The Balaban J connectivity index is 2.38. The lowest BCUT2D eigenvalue weighted by atomic mass is 9.95. The first kappa shape index (κ1) is 9.59. The first-order valence-electron chi connectivity index (χ1n) is 4.63. The van der Waals surface area contributed by atoms with Crippen LogP contribution >= 0.6 is 11.8 Å². The van der Waals surface area contributed by atoms with Crippen LogP contribution in [0.4, 0.5) is 5.69 Å². The van der Waals surface area contributed by atoms with E-state index in [1.54, 1.807) is 11.8 Å². The van der Waals surface area contributed by atoms with Gasteiger partial charge in [-0.3, -0.25) is 4.79 Å². The number of benzene rings is 1. The Labute approximate surface area is 88.1 Å². The van der Waals surface area contributed by atoms with Crippen LogP contribution in [0.1, 0.15) is 13.8 Å². The van der Waals surface area contributed by atoms with Crippen molar-refractivity contribution >= 4 is 23.4 Å². The first-order valence-corrected chi connectivity index (χ1v) is 5.61. The van der Waals surface area contributed by atoms with Crippen molar-refractivity contribution in [2.45, 2.75) is 18.7 Å². The largest absolute Gasteiger partial charge is 0.325 e. The molecule has 2 nitrogen and oxygen atoms in total. The zero-order valence-corrected chi connectivity index (χ0v) is 9.15. The van der Waals surface area contributed by atoms with Crippen molar-refractivity contribution < 1.29 is 4.79 Å². The fourth-order valence-electron chi connectivity index (χ4n) is 1.31. The van der Waals surface area contributed by atoms with Crippen molar-refractivity contribution in [2.75, 3.05) is 11.1 Å². The molecule has 0 aliphatic carbocycles. The molecule has 3 heteroatoms. The zero-order valence-electron chi connectivity index (χ0n) is 8.33. The second-order valence-corrected chi connectivity index (χ2v) is 5.14. The minimum absolute atomic E-state index is 0.106. The van der Waals surface area contributed by atoms with Crippen molar-refractivity contribution in [1.29, 1.82) is 0 Å². The summed E-state index contributed by atoms with van der Waals surface area (Å²) in [5, 5.41) is 2.95. The van der Waals surface area contributed by atoms with Crippen LogP contribution in [0.15, 0.2) is 29.2 Å². The Morgan fingerprint density at radius 3 is 2.86 bits per heavy atom. The van der Waals surface area contributed by atoms with Gasteiger partial charge in [0.2, 0.25) is 5.91 Å². The van der Waals surface area contributed by atoms with Gasteiger partial charge in [0.05, 0.1) is 11.1 Å². The van der Waals surface area contributed by atoms with E-state index in [0.29, 0.717) is 0 Å². The van der Waals surface area contributed by atoms with E-state index in [0.717, 1.165) is 16.3 Å². The smallest absolute Gasteiger partial charge is 0.230 e. The van der Waals surface area contributed by atoms with Gasteiger partial charge in [-0.25, -0.2) is 0 Å². The van der Waals surface area contributed by atoms with Gasteiger partial charge < -0.3 is 5.32 Å². The Kier molecular flexibility index (Phi) is 2.27. The molecule has 74 valence electrons. The molecular weight excluding hydrogens is 194 g/mol. The van der Waals surface area contributed by atoms with Gasteiger partial charge in [-0.2, -0.15) is 0 Å². The summed E-state index contributed by atoms with van der Waals surface area (Å²) in [6, 6.07) is 7.93. The average Bonchev–Trinajstić information content (AvgIpc) is 2.26. The topological polar surface area (TPSA) is 29.1 Å². The van der Waals surface area contributed by atoms with Gasteiger partial charge >= 0.3 is 0 Å². The molecule has 1 amide bonds. The molecule has 1 heterocycles. The summed E-state index contributed by atoms with van der Waals surface area (Å²) in [5.41, 5.74) is 0.650. The van der Waals surface area contributed by atoms with Gasteiger partial charge in [-0.05, 0) is 12.1 Å². The molecule has 14 heavy (non-hydrogen) atoms. The third kappa shape index (κ3) is 1.64. The van der Waals surface area contributed by atoms with E-state index < -0.39 is 0 Å². The maximum absolute atomic E-state index is 11.8. The van der Waals surface area contributed by atoms with Gasteiger partial charge in [0.25, 0.3) is 0 Å². The number of nitrogens with one attached hydrogen (secondary N) is 1. The number of fused-ring (bicyclic) bond motifs is 1. The molecule has 1 N–H and O–H groups in total. The van der Waals surface area contributed by atoms with Crippen LogP contribution in [0, 0.1) is 5.41 Å². The van der Waals surface area contributed by atoms with E-state index in [-0.39, 0.29) is 11.3 Å². The monoisotopic (exact) mass is 207 g/mol. The standard InChI is InChI=1S/C11H13NOS/c1-11(2)7-14-9-6-4-3-5-8(9)12-10(11)13/h3-6H,7H2,1-2H3,(H,12,13). The van der Waals surface area contributed by atoms with Crippen LogP contribution in [0.25, 0.3) is 0 Å². The minimum Gasteiger partial charge on any atom is -0.325 e. The number of rotatable bonds is 0. The van der Waals surface area contributed by atoms with E-state index in [4.69, 9.17) is 0 Å². The molecule has 0 unspecified atom stereocenters. The van der Waals surface area contributed by atoms with E-state index >= 15 is 0 Å². The second-order valence-electron chi connectivity index (χ2n) is 4.12. The molecular formula is C11H13NOS. The van der Waals surface area contributed by atoms with E-state index in [2.05, 4.69) is 5.32 Å². The zero-order chi connectivity index (χ0) is 10.2. The molecule has 2 rings (SSSR count). The van der Waals surface area contributed by atoms with Crippen LogP contribution in [0.3, 0.4) is 0 Å². The molecule has 0 atom stereocenters. The third-order valence-electron chi connectivity index (χ3n) is 2.34. The van der Waals surface area contributed by atoms with Crippen molar-refractivity contribution in [3.8, 4) is 0 Å². The summed E-state index contributed by atoms with van der Waals surface area (Å²) in [4.78, 5) is 12.9. The summed E-state index contributed by atoms with van der Waals surface area (Å²) >= 11 is 1.74. The number of hydrogen-bond donors (Lipinski definition) is 1. The highest BCUT2D eigenvalue weighted by molar-refractivity contribution is 7.99. The third-order valence-corrected chi connectivity index (χ3v) is 3.87. The molecule has 0 saturated heterocycles. The van der Waals surface area contributed by atoms with Crippen LogP contribution in [0.5, 0.6) is 0 Å². The highest BCUT2D eigenvalue weighted by Crippen LogP contribution is 2.36. The van der Waals surface area contributed by atoms with E-state index in [1.165, 1.54) is 0 Å². The second kappa shape index (κ2) is 3.31. The maximum Gasteiger partial charge on any atom is 0.230 e. The molecule has 0 saturated carbocycles. The van der Waals surface area contributed by atoms with E-state index in [1.807, 2.05) is 38.1 Å². The predicted molar refractivity (Wildman–Crippen MR) is 59.6 cm³/mol. The normalized spacial score (nSPS) is 19.4. The maximum atomic E-state index is 11.8. The molecule has 0 radical (unpaired) electrons. The lowest BCUT2D eigenvalue weighted by molar-refractivity contribution is -0.122. The number of carbonyl (C=O) groups excluding carboxylic acids is 1. The Morgan fingerprint density at radius 2 is 2.07 bits per heavy atom. The van der Waals surface area contributed by atoms with E-state index in [9.17, 15) is 4.79 Å². The van der Waals surface area contributed by atoms with Gasteiger partial charge in [-0.1, -0.05) is 26.0 Å². The highest BCUT2D eigenvalue weighted by Gasteiger charge is 2.31. The van der Waals surface area contributed by atoms with Gasteiger partial charge in [0, 0.05) is 10.6 Å². The van der Waals surface area contributed by atoms with Gasteiger partial charge in [0.1, 0.15) is 0 Å². The molecule has 1 aliphatic rings. The van der Waals surface area contributed by atoms with Crippen LogP contribution in [0.2, 0.25) is 0 Å². The fourth-order valence-corrected chi connectivity index (χ4v) is 2.41. The summed E-state index contributed by atoms with van der Waals surface area (Å²) in [7, 11) is 0. The molecule has 1 aliphatic heterocycles. The number of para-hydroxylation sites is 1. The number of amides is 1. The predicted octanol–water partition coefficient (Wildman–Crippen LogP) is 2.76. The van der Waals surface area contributed by atoms with Crippen molar-refractivity contribution in [3.05, 3.63) is 24.3 Å². The van der Waals surface area contributed by atoms with Crippen LogP contribution in [-0.2, 0) is 4.79 Å². The molecule has 0 fully saturated rings. The van der Waals surface area contributed by atoms with Crippen molar-refractivity contribution in [2.24, 2.45) is 5.41 Å². The number of anilines is 1. The highest BCUT2D eigenvalue weighted by atomic mass is 32.2. The SMILES string of the molecule is CC1(C)CSc2ccccc2NC1=O. The van der Waals surface area contributed by atoms with Crippen LogP contribution < -0.4 is 5.32 Å². The molecule has 0 aromatic heterocycles. The number of carbonyl (C=O) groups is 1. The summed E-state index contributed by atoms with van der Waals surface area (Å²) in [5.74, 6) is 0.936. The van der Waals surface area contributed by atoms with Crippen molar-refractivity contribution in [1.82, 2.24) is 0 Å². The first-order chi connectivity index (χ1) is 6.59. The van der Waals surface area contributed by atoms with Gasteiger partial charge in [-0.15, -0.1) is 11.8 Å². The lowest BCUT2D eigenvalue weighted by Crippen LogP contribution is -2.31. The summed E-state index contributed by atoms with van der Waals surface area (Å²) in [6.07, 6.45) is 0. The molecule has 1 aromatic carbocycles. The summed E-state index contributed by atoms with van der Waals surface area (Å²) in [6.45, 7) is 3.95. The quantitative estimate of drug-likeness (QED) is 0.708. The molecule has 1 aromatic rings. The van der Waals surface area contributed by atoms with Gasteiger partial charge in [0.15, 0.2) is 0 Å². The molecule has 0 bridgehead atoms. The molecule has 0 spiro atoms. The Hall–Kier alpha value is -0.960. The average molecular weight is 207 g/mol. The lowest BCUT2D eigenvalue weighted by Gasteiger charge is -2.18. The van der Waals surface area contributed by atoms with Crippen LogP contribution in [-0.4, -0.2) is 11.7 Å². The number of thioether (sulfide) groups is 1. The number of hydrogen-bond acceptors (Lipinski definition) is 2. The fraction of sp³-hybridized carbons (Fsp3) is 0.364. The minimum atomic E-state index is -0.288.